The van der Waals surface area contributed by atoms with Crippen LogP contribution in [0.5, 0.6) is 0 Å². The molecule has 0 fully saturated rings. The van der Waals surface area contributed by atoms with E-state index in [4.69, 9.17) is 11.6 Å². The number of anilines is 1. The van der Waals surface area contributed by atoms with Crippen LogP contribution in [0.1, 0.15) is 57.6 Å². The Bertz CT molecular complexity index is 1130. The Morgan fingerprint density at radius 3 is 2.31 bits per heavy atom. The van der Waals surface area contributed by atoms with Gasteiger partial charge in [-0.2, -0.15) is 0 Å². The topological polar surface area (TPSA) is 86.8 Å². The van der Waals surface area contributed by atoms with Gasteiger partial charge in [-0.15, -0.1) is 0 Å². The second-order valence-corrected chi connectivity index (χ2v) is 11.5. The van der Waals surface area contributed by atoms with Crippen molar-refractivity contribution < 1.29 is 18.0 Å². The van der Waals surface area contributed by atoms with Crippen LogP contribution in [-0.4, -0.2) is 50.0 Å². The van der Waals surface area contributed by atoms with Crippen molar-refractivity contribution >= 4 is 39.1 Å². The third-order valence-electron chi connectivity index (χ3n) is 6.17. The molecule has 0 saturated heterocycles. The molecule has 198 valence electrons. The molecule has 0 heterocycles. The van der Waals surface area contributed by atoms with Gasteiger partial charge in [0.05, 0.1) is 11.9 Å². The molecule has 0 radical (unpaired) electrons. The maximum atomic E-state index is 13.5. The van der Waals surface area contributed by atoms with Crippen molar-refractivity contribution in [1.82, 2.24) is 10.2 Å². The van der Waals surface area contributed by atoms with Crippen LogP contribution < -0.4 is 9.62 Å². The third-order valence-corrected chi connectivity index (χ3v) is 7.59. The lowest BCUT2D eigenvalue weighted by atomic mass is 10.1. The van der Waals surface area contributed by atoms with Crippen LogP contribution in [0.3, 0.4) is 0 Å². The Labute approximate surface area is 220 Å². The summed E-state index contributed by atoms with van der Waals surface area (Å²) < 4.78 is 26.4. The summed E-state index contributed by atoms with van der Waals surface area (Å²) in [4.78, 5) is 28.1. The summed E-state index contributed by atoms with van der Waals surface area (Å²) in [6.07, 6.45) is 2.80. The Hall–Kier alpha value is -2.58. The van der Waals surface area contributed by atoms with Crippen LogP contribution in [0.2, 0.25) is 5.02 Å². The number of halogens is 1. The van der Waals surface area contributed by atoms with Crippen molar-refractivity contribution in [3.63, 3.8) is 0 Å². The molecule has 0 aromatic heterocycles. The Morgan fingerprint density at radius 1 is 1.06 bits per heavy atom. The molecule has 0 saturated carbocycles. The number of aryl methyl sites for hydroxylation is 1. The summed E-state index contributed by atoms with van der Waals surface area (Å²) in [5.41, 5.74) is 2.19. The number of carbonyl (C=O) groups is 2. The van der Waals surface area contributed by atoms with E-state index in [1.54, 1.807) is 23.1 Å². The molecule has 2 aromatic carbocycles. The zero-order valence-corrected chi connectivity index (χ0v) is 23.4. The van der Waals surface area contributed by atoms with Gasteiger partial charge >= 0.3 is 0 Å². The summed E-state index contributed by atoms with van der Waals surface area (Å²) in [5, 5.41) is 3.43. The van der Waals surface area contributed by atoms with E-state index in [1.807, 2.05) is 58.0 Å². The van der Waals surface area contributed by atoms with Crippen molar-refractivity contribution in [2.24, 2.45) is 0 Å². The van der Waals surface area contributed by atoms with E-state index in [9.17, 15) is 18.0 Å². The molecular weight excluding hydrogens is 498 g/mol. The maximum Gasteiger partial charge on any atom is 0.243 e. The second-order valence-electron chi connectivity index (χ2n) is 9.12. The van der Waals surface area contributed by atoms with Gasteiger partial charge < -0.3 is 10.2 Å². The molecule has 1 N–H and O–H groups in total. The van der Waals surface area contributed by atoms with Gasteiger partial charge in [0.1, 0.15) is 6.04 Å². The van der Waals surface area contributed by atoms with Crippen LogP contribution in [0, 0.1) is 6.92 Å². The molecule has 2 amide bonds. The van der Waals surface area contributed by atoms with Gasteiger partial charge in [-0.25, -0.2) is 8.42 Å². The number of rotatable bonds is 13. The average Bonchev–Trinajstić information content (AvgIpc) is 2.83. The van der Waals surface area contributed by atoms with Crippen LogP contribution in [-0.2, 0) is 26.2 Å². The first kappa shape index (κ1) is 29.6. The highest BCUT2D eigenvalue weighted by Crippen LogP contribution is 2.27. The minimum absolute atomic E-state index is 0.00415. The molecule has 0 unspecified atom stereocenters. The van der Waals surface area contributed by atoms with Gasteiger partial charge in [0, 0.05) is 30.6 Å². The fourth-order valence-electron chi connectivity index (χ4n) is 3.97. The third kappa shape index (κ3) is 8.52. The highest BCUT2D eigenvalue weighted by atomic mass is 35.5. The lowest BCUT2D eigenvalue weighted by Gasteiger charge is -2.32. The fraction of sp³-hybridized carbons (Fsp3) is 0.481. The normalized spacial score (nSPS) is 13.1. The Kier molecular flexibility index (Phi) is 11.2. The second kappa shape index (κ2) is 13.7. The molecule has 36 heavy (non-hydrogen) atoms. The average molecular weight is 536 g/mol. The standard InChI is InChI=1S/C27H38ClN3O4S/c1-6-21(4)29-27(33)24(7-2)30(19-22-12-9-8-10-13-22)26(32)14-11-17-31(36(5,34)35)25-18-23(28)16-15-20(25)3/h8-10,12-13,15-16,18,21,24H,6-7,11,14,17,19H2,1-5H3,(H,29,33)/t21-,24+/m0/s1. The maximum absolute atomic E-state index is 13.5. The highest BCUT2D eigenvalue weighted by molar-refractivity contribution is 7.92. The molecule has 0 bridgehead atoms. The molecule has 0 aliphatic rings. The monoisotopic (exact) mass is 535 g/mol. The van der Waals surface area contributed by atoms with E-state index >= 15 is 0 Å². The number of hydrogen-bond acceptors (Lipinski definition) is 4. The van der Waals surface area contributed by atoms with Gasteiger partial charge in [-0.05, 0) is 56.4 Å². The van der Waals surface area contributed by atoms with Crippen LogP contribution in [0.4, 0.5) is 5.69 Å². The summed E-state index contributed by atoms with van der Waals surface area (Å²) in [5.74, 6) is -0.371. The molecule has 0 aliphatic heterocycles. The zero-order valence-electron chi connectivity index (χ0n) is 21.8. The van der Waals surface area contributed by atoms with Gasteiger partial charge in [-0.1, -0.05) is 61.8 Å². The van der Waals surface area contributed by atoms with E-state index < -0.39 is 16.1 Å². The van der Waals surface area contributed by atoms with Crippen molar-refractivity contribution in [2.75, 3.05) is 17.1 Å². The number of sulfonamides is 1. The highest BCUT2D eigenvalue weighted by Gasteiger charge is 2.29. The molecule has 9 heteroatoms. The number of carbonyl (C=O) groups excluding carboxylic acids is 2. The largest absolute Gasteiger partial charge is 0.352 e. The summed E-state index contributed by atoms with van der Waals surface area (Å²) in [7, 11) is -3.59. The van der Waals surface area contributed by atoms with Crippen LogP contribution in [0.25, 0.3) is 0 Å². The van der Waals surface area contributed by atoms with E-state index in [0.29, 0.717) is 30.1 Å². The van der Waals surface area contributed by atoms with Crippen molar-refractivity contribution in [1.29, 1.82) is 0 Å². The summed E-state index contributed by atoms with van der Waals surface area (Å²) in [6.45, 7) is 8.06. The number of hydrogen-bond donors (Lipinski definition) is 1. The summed E-state index contributed by atoms with van der Waals surface area (Å²) >= 11 is 6.12. The van der Waals surface area contributed by atoms with E-state index in [0.717, 1.165) is 23.8 Å². The first-order chi connectivity index (χ1) is 17.0. The molecule has 7 nitrogen and oxygen atoms in total. The Morgan fingerprint density at radius 2 is 1.72 bits per heavy atom. The molecule has 2 rings (SSSR count). The number of nitrogens with zero attached hydrogens (tertiary/aromatic N) is 2. The van der Waals surface area contributed by atoms with Gasteiger partial charge in [0.2, 0.25) is 21.8 Å². The lowest BCUT2D eigenvalue weighted by Crippen LogP contribution is -2.50. The number of nitrogens with one attached hydrogen (secondary N) is 1. The first-order valence-electron chi connectivity index (χ1n) is 12.4. The minimum atomic E-state index is -3.59. The first-order valence-corrected chi connectivity index (χ1v) is 14.6. The Balaban J connectivity index is 2.23. The van der Waals surface area contributed by atoms with Gasteiger partial charge in [0.15, 0.2) is 0 Å². The van der Waals surface area contributed by atoms with Crippen LogP contribution >= 0.6 is 11.6 Å². The summed E-state index contributed by atoms with van der Waals surface area (Å²) in [6, 6.07) is 14.0. The van der Waals surface area contributed by atoms with E-state index in [2.05, 4.69) is 5.32 Å². The fourth-order valence-corrected chi connectivity index (χ4v) is 5.16. The smallest absolute Gasteiger partial charge is 0.243 e. The SMILES string of the molecule is CC[C@H](C(=O)N[C@@H](C)CC)N(Cc1ccccc1)C(=O)CCCN(c1cc(Cl)ccc1C)S(C)(=O)=O. The molecule has 0 aliphatic carbocycles. The minimum Gasteiger partial charge on any atom is -0.352 e. The molecule has 2 aromatic rings. The van der Waals surface area contributed by atoms with Gasteiger partial charge in [0.25, 0.3) is 0 Å². The predicted octanol–water partition coefficient (Wildman–Crippen LogP) is 4.92. The quantitative estimate of drug-likeness (QED) is 0.394. The molecule has 0 spiro atoms. The van der Waals surface area contributed by atoms with Crippen molar-refractivity contribution in [2.45, 2.75) is 72.0 Å². The predicted molar refractivity (Wildman–Crippen MR) is 147 cm³/mol. The number of amides is 2. The van der Waals surface area contributed by atoms with Gasteiger partial charge in [-0.3, -0.25) is 13.9 Å². The van der Waals surface area contributed by atoms with Crippen molar-refractivity contribution in [3.05, 3.63) is 64.7 Å². The molecular formula is C27H38ClN3O4S. The molecule has 2 atom stereocenters. The van der Waals surface area contributed by atoms with E-state index in [1.165, 1.54) is 4.31 Å². The van der Waals surface area contributed by atoms with Crippen LogP contribution in [0.15, 0.2) is 48.5 Å². The van der Waals surface area contributed by atoms with E-state index in [-0.39, 0.29) is 30.8 Å². The van der Waals surface area contributed by atoms with Crippen molar-refractivity contribution in [3.8, 4) is 0 Å². The zero-order chi connectivity index (χ0) is 26.9. The lowest BCUT2D eigenvalue weighted by molar-refractivity contribution is -0.141. The number of benzene rings is 2.